The third kappa shape index (κ3) is 2.68. The van der Waals surface area contributed by atoms with Crippen LogP contribution in [0.4, 0.5) is 0 Å². The SMILES string of the molecule is NC(=S)C1(NC(=O)c2csc3ccccc23)CCCCC1. The maximum absolute atomic E-state index is 12.7. The van der Waals surface area contributed by atoms with Crippen molar-refractivity contribution in [1.29, 1.82) is 0 Å². The van der Waals surface area contributed by atoms with E-state index in [1.54, 1.807) is 11.3 Å². The molecule has 0 spiro atoms. The minimum atomic E-state index is -0.506. The van der Waals surface area contributed by atoms with Crippen LogP contribution >= 0.6 is 23.6 Å². The van der Waals surface area contributed by atoms with Gasteiger partial charge in [0, 0.05) is 15.5 Å². The van der Waals surface area contributed by atoms with Crippen LogP contribution in [-0.2, 0) is 0 Å². The van der Waals surface area contributed by atoms with Crippen LogP contribution in [0.1, 0.15) is 42.5 Å². The highest BCUT2D eigenvalue weighted by molar-refractivity contribution is 7.80. The Balaban J connectivity index is 1.89. The van der Waals surface area contributed by atoms with Crippen molar-refractivity contribution in [2.75, 3.05) is 0 Å². The lowest BCUT2D eigenvalue weighted by molar-refractivity contribution is 0.0910. The predicted octanol–water partition coefficient (Wildman–Crippen LogP) is 3.62. The number of thiophene rings is 1. The van der Waals surface area contributed by atoms with E-state index in [4.69, 9.17) is 18.0 Å². The fourth-order valence-electron chi connectivity index (χ4n) is 3.03. The Morgan fingerprint density at radius 3 is 2.67 bits per heavy atom. The number of fused-ring (bicyclic) bond motifs is 1. The summed E-state index contributed by atoms with van der Waals surface area (Å²) in [5, 5.41) is 6.04. The van der Waals surface area contributed by atoms with Gasteiger partial charge in [0.15, 0.2) is 0 Å². The number of hydrogen-bond acceptors (Lipinski definition) is 3. The van der Waals surface area contributed by atoms with Gasteiger partial charge in [-0.15, -0.1) is 11.3 Å². The fourth-order valence-corrected chi connectivity index (χ4v) is 4.22. The quantitative estimate of drug-likeness (QED) is 0.850. The molecule has 1 aromatic heterocycles. The van der Waals surface area contributed by atoms with Gasteiger partial charge in [-0.25, -0.2) is 0 Å². The van der Waals surface area contributed by atoms with Crippen LogP contribution in [0.3, 0.4) is 0 Å². The molecule has 3 rings (SSSR count). The zero-order valence-corrected chi connectivity index (χ0v) is 13.4. The summed E-state index contributed by atoms with van der Waals surface area (Å²) in [5.41, 5.74) is 6.15. The van der Waals surface area contributed by atoms with E-state index in [1.807, 2.05) is 29.6 Å². The number of amides is 1. The number of carbonyl (C=O) groups is 1. The number of rotatable bonds is 3. The molecule has 1 amide bonds. The maximum atomic E-state index is 12.7. The van der Waals surface area contributed by atoms with Gasteiger partial charge in [0.1, 0.15) is 0 Å². The lowest BCUT2D eigenvalue weighted by atomic mass is 9.81. The van der Waals surface area contributed by atoms with Crippen molar-refractivity contribution in [2.45, 2.75) is 37.6 Å². The molecule has 0 atom stereocenters. The van der Waals surface area contributed by atoms with E-state index in [9.17, 15) is 4.79 Å². The van der Waals surface area contributed by atoms with E-state index in [-0.39, 0.29) is 5.91 Å². The summed E-state index contributed by atoms with van der Waals surface area (Å²) < 4.78 is 1.12. The van der Waals surface area contributed by atoms with E-state index < -0.39 is 5.54 Å². The summed E-state index contributed by atoms with van der Waals surface area (Å²) in [7, 11) is 0. The minimum absolute atomic E-state index is 0.0675. The molecule has 0 bridgehead atoms. The molecule has 1 saturated carbocycles. The van der Waals surface area contributed by atoms with Crippen LogP contribution in [0, 0.1) is 0 Å². The molecule has 0 aliphatic heterocycles. The highest BCUT2D eigenvalue weighted by Gasteiger charge is 2.37. The Bertz CT molecular complexity index is 686. The Hall–Kier alpha value is -1.46. The zero-order chi connectivity index (χ0) is 14.9. The summed E-state index contributed by atoms with van der Waals surface area (Å²) >= 11 is 6.82. The number of nitrogens with one attached hydrogen (secondary N) is 1. The van der Waals surface area contributed by atoms with Crippen molar-refractivity contribution in [3.05, 3.63) is 35.2 Å². The minimum Gasteiger partial charge on any atom is -0.391 e. The van der Waals surface area contributed by atoms with Crippen molar-refractivity contribution < 1.29 is 4.79 Å². The van der Waals surface area contributed by atoms with Gasteiger partial charge < -0.3 is 11.1 Å². The third-order valence-electron chi connectivity index (χ3n) is 4.26. The molecule has 1 aliphatic carbocycles. The summed E-state index contributed by atoms with van der Waals surface area (Å²) in [6.45, 7) is 0. The third-order valence-corrected chi connectivity index (χ3v) is 5.61. The predicted molar refractivity (Wildman–Crippen MR) is 91.9 cm³/mol. The van der Waals surface area contributed by atoms with Crippen molar-refractivity contribution in [2.24, 2.45) is 5.73 Å². The molecule has 2 aromatic rings. The van der Waals surface area contributed by atoms with Gasteiger partial charge in [-0.05, 0) is 18.9 Å². The van der Waals surface area contributed by atoms with E-state index in [1.165, 1.54) is 6.42 Å². The van der Waals surface area contributed by atoms with Crippen molar-refractivity contribution in [3.8, 4) is 0 Å². The lowest BCUT2D eigenvalue weighted by Gasteiger charge is -2.37. The van der Waals surface area contributed by atoms with Gasteiger partial charge in [0.25, 0.3) is 5.91 Å². The second-order valence-electron chi connectivity index (χ2n) is 5.61. The molecular weight excluding hydrogens is 300 g/mol. The average Bonchev–Trinajstić information content (AvgIpc) is 2.92. The van der Waals surface area contributed by atoms with Gasteiger partial charge in [-0.2, -0.15) is 0 Å². The molecule has 1 aliphatic rings. The van der Waals surface area contributed by atoms with E-state index in [0.717, 1.165) is 41.3 Å². The van der Waals surface area contributed by atoms with Gasteiger partial charge in [0.2, 0.25) is 0 Å². The highest BCUT2D eigenvalue weighted by atomic mass is 32.1. The highest BCUT2D eigenvalue weighted by Crippen LogP contribution is 2.31. The van der Waals surface area contributed by atoms with E-state index in [2.05, 4.69) is 5.32 Å². The van der Waals surface area contributed by atoms with E-state index >= 15 is 0 Å². The summed E-state index contributed by atoms with van der Waals surface area (Å²) in [5.74, 6) is -0.0675. The molecule has 3 nitrogen and oxygen atoms in total. The van der Waals surface area contributed by atoms with Crippen LogP contribution in [0.25, 0.3) is 10.1 Å². The summed E-state index contributed by atoms with van der Waals surface area (Å²) in [6, 6.07) is 7.95. The normalized spacial score (nSPS) is 17.5. The molecule has 21 heavy (non-hydrogen) atoms. The summed E-state index contributed by atoms with van der Waals surface area (Å²) in [6.07, 6.45) is 4.98. The van der Waals surface area contributed by atoms with Gasteiger partial charge in [0.05, 0.1) is 16.1 Å². The topological polar surface area (TPSA) is 55.1 Å². The molecule has 1 fully saturated rings. The molecule has 0 radical (unpaired) electrons. The first-order valence-electron chi connectivity index (χ1n) is 7.21. The zero-order valence-electron chi connectivity index (χ0n) is 11.7. The van der Waals surface area contributed by atoms with Gasteiger partial charge in [-0.1, -0.05) is 49.7 Å². The van der Waals surface area contributed by atoms with Crippen LogP contribution in [-0.4, -0.2) is 16.4 Å². The molecular formula is C16H18N2OS2. The Morgan fingerprint density at radius 2 is 1.95 bits per heavy atom. The second kappa shape index (κ2) is 5.73. The number of thiocarbonyl (C=S) groups is 1. The van der Waals surface area contributed by atoms with Crippen LogP contribution in [0.2, 0.25) is 0 Å². The van der Waals surface area contributed by atoms with Crippen LogP contribution in [0.15, 0.2) is 29.6 Å². The Labute approximate surface area is 133 Å². The molecule has 0 unspecified atom stereocenters. The summed E-state index contributed by atoms with van der Waals surface area (Å²) in [4.78, 5) is 13.1. The van der Waals surface area contributed by atoms with Crippen molar-refractivity contribution >= 4 is 44.5 Å². The maximum Gasteiger partial charge on any atom is 0.253 e. The molecule has 1 heterocycles. The molecule has 3 N–H and O–H groups in total. The monoisotopic (exact) mass is 318 g/mol. The van der Waals surface area contributed by atoms with Crippen LogP contribution < -0.4 is 11.1 Å². The average molecular weight is 318 g/mol. The first kappa shape index (κ1) is 14.5. The first-order valence-corrected chi connectivity index (χ1v) is 8.50. The molecule has 1 aromatic carbocycles. The smallest absolute Gasteiger partial charge is 0.253 e. The van der Waals surface area contributed by atoms with Crippen LogP contribution in [0.5, 0.6) is 0 Å². The first-order chi connectivity index (χ1) is 10.1. The number of hydrogen-bond donors (Lipinski definition) is 2. The number of benzene rings is 1. The number of nitrogens with two attached hydrogens (primary N) is 1. The van der Waals surface area contributed by atoms with Gasteiger partial charge >= 0.3 is 0 Å². The largest absolute Gasteiger partial charge is 0.391 e. The number of carbonyl (C=O) groups excluding carboxylic acids is 1. The lowest BCUT2D eigenvalue weighted by Crippen LogP contribution is -2.57. The van der Waals surface area contributed by atoms with Crippen molar-refractivity contribution in [3.63, 3.8) is 0 Å². The standard InChI is InChI=1S/C16H18N2OS2/c17-15(20)16(8-4-1-5-9-16)18-14(19)12-10-21-13-7-3-2-6-11(12)13/h2-3,6-7,10H,1,4-5,8-9H2,(H2,17,20)(H,18,19). The van der Waals surface area contributed by atoms with Crippen molar-refractivity contribution in [1.82, 2.24) is 5.32 Å². The van der Waals surface area contributed by atoms with Gasteiger partial charge in [-0.3, -0.25) is 4.79 Å². The van der Waals surface area contributed by atoms with E-state index in [0.29, 0.717) is 4.99 Å². The molecule has 5 heteroatoms. The molecule has 110 valence electrons. The fraction of sp³-hybridized carbons (Fsp3) is 0.375. The molecule has 0 saturated heterocycles. The second-order valence-corrected chi connectivity index (χ2v) is 6.96. The Kier molecular flexibility index (Phi) is 3.95. The Morgan fingerprint density at radius 1 is 1.24 bits per heavy atom.